The molecule has 19 heavy (non-hydrogen) atoms. The highest BCUT2D eigenvalue weighted by Crippen LogP contribution is 2.18. The Balaban J connectivity index is 2.17. The van der Waals surface area contributed by atoms with Crippen molar-refractivity contribution >= 4 is 22.4 Å². The molecular weight excluding hydrogens is 278 g/mol. The van der Waals surface area contributed by atoms with Gasteiger partial charge in [0.05, 0.1) is 16.6 Å². The van der Waals surface area contributed by atoms with E-state index in [9.17, 15) is 4.21 Å². The Labute approximate surface area is 121 Å². The monoisotopic (exact) mass is 293 g/mol. The van der Waals surface area contributed by atoms with Crippen molar-refractivity contribution < 1.29 is 4.21 Å². The van der Waals surface area contributed by atoms with Gasteiger partial charge in [0.25, 0.3) is 0 Å². The number of aryl methyl sites for hydroxylation is 1. The Morgan fingerprint density at radius 3 is 2.42 bits per heavy atom. The number of halogens is 1. The first kappa shape index (κ1) is 14.3. The summed E-state index contributed by atoms with van der Waals surface area (Å²) >= 11 is 5.82. The quantitative estimate of drug-likeness (QED) is 0.939. The molecule has 2 nitrogen and oxygen atoms in total. The Kier molecular flexibility index (Phi) is 4.75. The van der Waals surface area contributed by atoms with Gasteiger partial charge < -0.3 is 5.73 Å². The number of hydrogen-bond acceptors (Lipinski definition) is 2. The lowest BCUT2D eigenvalue weighted by Crippen LogP contribution is -2.01. The van der Waals surface area contributed by atoms with Gasteiger partial charge in [-0.3, -0.25) is 4.21 Å². The molecule has 0 aliphatic rings. The van der Waals surface area contributed by atoms with Crippen molar-refractivity contribution in [2.45, 2.75) is 24.1 Å². The summed E-state index contributed by atoms with van der Waals surface area (Å²) in [7, 11) is -1.05. The molecule has 0 amide bonds. The largest absolute Gasteiger partial charge is 0.326 e. The minimum absolute atomic E-state index is 0.512. The first-order valence-electron chi connectivity index (χ1n) is 6.02. The van der Waals surface area contributed by atoms with Crippen LogP contribution >= 0.6 is 11.6 Å². The minimum Gasteiger partial charge on any atom is -0.326 e. The second-order valence-electron chi connectivity index (χ2n) is 4.41. The summed E-state index contributed by atoms with van der Waals surface area (Å²) in [6.45, 7) is 2.55. The third kappa shape index (κ3) is 3.66. The predicted octanol–water partition coefficient (Wildman–Crippen LogP) is 3.41. The molecule has 0 aliphatic heterocycles. The molecule has 2 aromatic carbocycles. The van der Waals surface area contributed by atoms with E-state index >= 15 is 0 Å². The van der Waals surface area contributed by atoms with Crippen molar-refractivity contribution in [3.05, 3.63) is 64.2 Å². The molecule has 100 valence electrons. The van der Waals surface area contributed by atoms with Crippen LogP contribution in [0.25, 0.3) is 0 Å². The van der Waals surface area contributed by atoms with Crippen molar-refractivity contribution in [3.63, 3.8) is 0 Å². The van der Waals surface area contributed by atoms with E-state index < -0.39 is 10.8 Å². The number of benzene rings is 2. The Bertz CT molecular complexity index is 596. The summed E-state index contributed by atoms with van der Waals surface area (Å²) in [4.78, 5) is 0.798. The van der Waals surface area contributed by atoms with Gasteiger partial charge in [0.1, 0.15) is 0 Å². The van der Waals surface area contributed by atoms with Crippen molar-refractivity contribution in [2.75, 3.05) is 0 Å². The van der Waals surface area contributed by atoms with Crippen LogP contribution in [0.4, 0.5) is 0 Å². The Morgan fingerprint density at radius 1 is 1.16 bits per heavy atom. The van der Waals surface area contributed by atoms with Crippen LogP contribution in [-0.2, 0) is 23.1 Å². The van der Waals surface area contributed by atoms with Gasteiger partial charge in [0, 0.05) is 16.5 Å². The molecule has 0 spiro atoms. The molecule has 4 heteroatoms. The van der Waals surface area contributed by atoms with E-state index in [0.29, 0.717) is 17.3 Å². The van der Waals surface area contributed by atoms with Crippen LogP contribution < -0.4 is 5.73 Å². The van der Waals surface area contributed by atoms with E-state index in [-0.39, 0.29) is 0 Å². The SMILES string of the molecule is Cc1cc(CN)ccc1CS(=O)c1ccc(Cl)cc1. The van der Waals surface area contributed by atoms with Crippen LogP contribution in [-0.4, -0.2) is 4.21 Å². The summed E-state index contributed by atoms with van der Waals surface area (Å²) in [6, 6.07) is 13.2. The third-order valence-corrected chi connectivity index (χ3v) is 4.63. The van der Waals surface area contributed by atoms with Crippen LogP contribution in [0.2, 0.25) is 5.02 Å². The molecule has 0 fully saturated rings. The highest BCUT2D eigenvalue weighted by atomic mass is 35.5. The van der Waals surface area contributed by atoms with Gasteiger partial charge in [-0.1, -0.05) is 29.8 Å². The maximum absolute atomic E-state index is 12.3. The van der Waals surface area contributed by atoms with Gasteiger partial charge in [-0.2, -0.15) is 0 Å². The maximum Gasteiger partial charge on any atom is 0.0574 e. The number of hydrogen-bond donors (Lipinski definition) is 1. The average Bonchev–Trinajstić information content (AvgIpc) is 2.41. The summed E-state index contributed by atoms with van der Waals surface area (Å²) in [5.41, 5.74) is 8.92. The van der Waals surface area contributed by atoms with Crippen molar-refractivity contribution in [2.24, 2.45) is 5.73 Å². The molecule has 1 unspecified atom stereocenters. The molecule has 2 rings (SSSR count). The molecule has 0 aliphatic carbocycles. The van der Waals surface area contributed by atoms with E-state index in [4.69, 9.17) is 17.3 Å². The minimum atomic E-state index is -1.05. The molecule has 0 saturated carbocycles. The molecule has 0 bridgehead atoms. The van der Waals surface area contributed by atoms with Gasteiger partial charge in [0.2, 0.25) is 0 Å². The van der Waals surface area contributed by atoms with E-state index in [0.717, 1.165) is 21.6 Å². The van der Waals surface area contributed by atoms with Crippen LogP contribution in [0.3, 0.4) is 0 Å². The van der Waals surface area contributed by atoms with Gasteiger partial charge in [0.15, 0.2) is 0 Å². The molecule has 0 heterocycles. The first-order chi connectivity index (χ1) is 9.10. The fourth-order valence-electron chi connectivity index (χ4n) is 1.86. The lowest BCUT2D eigenvalue weighted by Gasteiger charge is -2.08. The number of rotatable bonds is 4. The van der Waals surface area contributed by atoms with Crippen molar-refractivity contribution in [1.82, 2.24) is 0 Å². The van der Waals surface area contributed by atoms with Crippen molar-refractivity contribution in [3.8, 4) is 0 Å². The van der Waals surface area contributed by atoms with Crippen LogP contribution in [0.5, 0.6) is 0 Å². The van der Waals surface area contributed by atoms with Crippen LogP contribution in [0, 0.1) is 6.92 Å². The molecular formula is C15H16ClNOS. The predicted molar refractivity (Wildman–Crippen MR) is 80.6 cm³/mol. The summed E-state index contributed by atoms with van der Waals surface area (Å²) in [6.07, 6.45) is 0. The normalized spacial score (nSPS) is 12.4. The highest BCUT2D eigenvalue weighted by molar-refractivity contribution is 7.84. The van der Waals surface area contributed by atoms with E-state index in [2.05, 4.69) is 0 Å². The topological polar surface area (TPSA) is 43.1 Å². The first-order valence-corrected chi connectivity index (χ1v) is 7.72. The summed E-state index contributed by atoms with van der Waals surface area (Å²) in [5.74, 6) is 0.512. The molecule has 1 atom stereocenters. The standard InChI is InChI=1S/C15H16ClNOS/c1-11-8-12(9-17)2-3-13(11)10-19(18)15-6-4-14(16)5-7-15/h2-8H,9-10,17H2,1H3. The summed E-state index contributed by atoms with van der Waals surface area (Å²) in [5, 5.41) is 0.657. The van der Waals surface area contributed by atoms with Gasteiger partial charge >= 0.3 is 0 Å². The zero-order valence-electron chi connectivity index (χ0n) is 10.7. The summed E-state index contributed by atoms with van der Waals surface area (Å²) < 4.78 is 12.3. The fraction of sp³-hybridized carbons (Fsp3) is 0.200. The van der Waals surface area contributed by atoms with Crippen LogP contribution in [0.15, 0.2) is 47.4 Å². The zero-order chi connectivity index (χ0) is 13.8. The van der Waals surface area contributed by atoms with E-state index in [1.54, 1.807) is 12.1 Å². The second-order valence-corrected chi connectivity index (χ2v) is 6.30. The molecule has 2 N–H and O–H groups in total. The third-order valence-electron chi connectivity index (χ3n) is 3.01. The lowest BCUT2D eigenvalue weighted by molar-refractivity contribution is 0.682. The lowest BCUT2D eigenvalue weighted by atomic mass is 10.1. The average molecular weight is 294 g/mol. The van der Waals surface area contributed by atoms with Gasteiger partial charge in [-0.25, -0.2) is 0 Å². The van der Waals surface area contributed by atoms with Gasteiger partial charge in [-0.05, 0) is 47.9 Å². The molecule has 2 aromatic rings. The maximum atomic E-state index is 12.3. The smallest absolute Gasteiger partial charge is 0.0574 e. The van der Waals surface area contributed by atoms with Crippen molar-refractivity contribution in [1.29, 1.82) is 0 Å². The molecule has 0 saturated heterocycles. The second kappa shape index (κ2) is 6.33. The Morgan fingerprint density at radius 2 is 1.84 bits per heavy atom. The fourth-order valence-corrected chi connectivity index (χ4v) is 3.20. The Hall–Kier alpha value is -1.16. The van der Waals surface area contributed by atoms with Gasteiger partial charge in [-0.15, -0.1) is 0 Å². The highest BCUT2D eigenvalue weighted by Gasteiger charge is 2.07. The number of nitrogens with two attached hydrogens (primary N) is 1. The van der Waals surface area contributed by atoms with Crippen LogP contribution in [0.1, 0.15) is 16.7 Å². The molecule has 0 radical (unpaired) electrons. The van der Waals surface area contributed by atoms with E-state index in [1.165, 1.54) is 0 Å². The molecule has 0 aromatic heterocycles. The zero-order valence-corrected chi connectivity index (χ0v) is 12.3. The van der Waals surface area contributed by atoms with E-state index in [1.807, 2.05) is 37.3 Å².